The molecule has 2 N–H and O–H groups in total. The molecule has 2 aromatic rings. The van der Waals surface area contributed by atoms with Gasteiger partial charge in [-0.3, -0.25) is 10.1 Å². The van der Waals surface area contributed by atoms with Crippen molar-refractivity contribution in [2.45, 2.75) is 19.3 Å². The van der Waals surface area contributed by atoms with Crippen LogP contribution in [-0.4, -0.2) is 41.6 Å². The molecule has 30 heavy (non-hydrogen) atoms. The van der Waals surface area contributed by atoms with Gasteiger partial charge in [-0.15, -0.1) is 0 Å². The van der Waals surface area contributed by atoms with Crippen molar-refractivity contribution in [1.82, 2.24) is 15.6 Å². The number of pyridine rings is 1. The summed E-state index contributed by atoms with van der Waals surface area (Å²) in [7, 11) is 0. The Balaban J connectivity index is 0.000000367. The van der Waals surface area contributed by atoms with Crippen molar-refractivity contribution in [2.75, 3.05) is 31.1 Å². The molecule has 2 aliphatic rings. The van der Waals surface area contributed by atoms with Crippen LogP contribution in [-0.2, 0) is 0 Å². The summed E-state index contributed by atoms with van der Waals surface area (Å²) in [6, 6.07) is 12.3. The van der Waals surface area contributed by atoms with Gasteiger partial charge < -0.3 is 15.5 Å². The van der Waals surface area contributed by atoms with Crippen molar-refractivity contribution in [1.29, 1.82) is 0 Å². The number of non-ortho nitro benzene ring substituents is 1. The van der Waals surface area contributed by atoms with E-state index in [-0.39, 0.29) is 11.2 Å². The predicted octanol–water partition coefficient (Wildman–Crippen LogP) is 3.85. The van der Waals surface area contributed by atoms with E-state index in [1.807, 2.05) is 49.1 Å². The van der Waals surface area contributed by atoms with E-state index in [1.54, 1.807) is 12.1 Å². The zero-order valence-corrected chi connectivity index (χ0v) is 17.9. The average molecular weight is 428 g/mol. The number of halogens is 1. The Morgan fingerprint density at radius 1 is 1.07 bits per heavy atom. The van der Waals surface area contributed by atoms with Gasteiger partial charge in [0.2, 0.25) is 0 Å². The molecule has 8 heteroatoms. The van der Waals surface area contributed by atoms with Crippen LogP contribution in [0.2, 0.25) is 0 Å². The number of piperazine rings is 1. The second-order valence-electron chi connectivity index (χ2n) is 7.09. The normalized spacial score (nSPS) is 18.6. The molecule has 0 amide bonds. The molecule has 7 nitrogen and oxygen atoms in total. The molecule has 0 spiro atoms. The molecule has 1 saturated heterocycles. The fourth-order valence-corrected chi connectivity index (χ4v) is 3.68. The van der Waals surface area contributed by atoms with E-state index in [9.17, 15) is 10.1 Å². The number of alkyl halides is 1. The fraction of sp³-hybridized carbons (Fsp3) is 0.318. The average Bonchev–Trinajstić information content (AvgIpc) is 2.75. The van der Waals surface area contributed by atoms with Gasteiger partial charge >= 0.3 is 0 Å². The Hall–Kier alpha value is -2.74. The van der Waals surface area contributed by atoms with Gasteiger partial charge in [-0.25, -0.2) is 4.98 Å². The van der Waals surface area contributed by atoms with E-state index >= 15 is 0 Å². The minimum atomic E-state index is -0.407. The number of nitrogens with zero attached hydrogens (tertiary/aromatic N) is 3. The molecule has 158 valence electrons. The Morgan fingerprint density at radius 3 is 2.20 bits per heavy atom. The highest BCUT2D eigenvalue weighted by Crippen LogP contribution is 2.32. The Kier molecular flexibility index (Phi) is 7.57. The monoisotopic (exact) mass is 427 g/mol. The number of nitro benzene ring substituents is 1. The third-order valence-corrected chi connectivity index (χ3v) is 5.12. The van der Waals surface area contributed by atoms with Gasteiger partial charge in [0, 0.05) is 49.7 Å². The lowest BCUT2D eigenvalue weighted by atomic mass is 10.0. The number of rotatable bonds is 3. The van der Waals surface area contributed by atoms with Gasteiger partial charge in [-0.1, -0.05) is 17.7 Å². The van der Waals surface area contributed by atoms with E-state index in [1.165, 1.54) is 12.1 Å². The minimum Gasteiger partial charge on any atom is -0.314 e. The first-order valence-corrected chi connectivity index (χ1v) is 10.3. The van der Waals surface area contributed by atoms with Gasteiger partial charge in [0.1, 0.15) is 11.3 Å². The molecule has 0 saturated carbocycles. The third kappa shape index (κ3) is 5.66. The maximum absolute atomic E-state index is 10.8. The first-order valence-electron chi connectivity index (χ1n) is 9.89. The highest BCUT2D eigenvalue weighted by atomic mass is 35.5. The SMILES string of the molecule is C1CNCCN1.CC1=CC(c2ccc([N+](=O)[O-])cc2)=CC(Cl)N1c1cccc(C)n1. The molecule has 0 aliphatic carbocycles. The number of benzene rings is 1. The molecule has 1 aromatic carbocycles. The van der Waals surface area contributed by atoms with Crippen molar-refractivity contribution in [3.8, 4) is 0 Å². The summed E-state index contributed by atoms with van der Waals surface area (Å²) in [6.45, 7) is 8.46. The lowest BCUT2D eigenvalue weighted by Crippen LogP contribution is -2.39. The summed E-state index contributed by atoms with van der Waals surface area (Å²) in [5.74, 6) is 0.794. The smallest absolute Gasteiger partial charge is 0.269 e. The van der Waals surface area contributed by atoms with Gasteiger partial charge in [0.05, 0.1) is 4.92 Å². The molecule has 0 radical (unpaired) electrons. The van der Waals surface area contributed by atoms with E-state index in [0.717, 1.165) is 54.5 Å². The second kappa shape index (κ2) is 10.3. The topological polar surface area (TPSA) is 83.3 Å². The standard InChI is InChI=1S/C18H16ClN3O2.C4H10N2/c1-12-4-3-5-18(20-12)21-13(2)10-15(11-17(21)19)14-6-8-16(9-7-14)22(23)24;1-2-6-4-3-5-1/h3-11,17H,1-2H3;5-6H,1-4H2. The van der Waals surface area contributed by atoms with Crippen molar-refractivity contribution >= 4 is 28.7 Å². The number of nitrogens with one attached hydrogen (secondary N) is 2. The van der Waals surface area contributed by atoms with E-state index in [2.05, 4.69) is 15.6 Å². The van der Waals surface area contributed by atoms with Crippen LogP contribution in [0.4, 0.5) is 11.5 Å². The van der Waals surface area contributed by atoms with Crippen LogP contribution in [0.5, 0.6) is 0 Å². The van der Waals surface area contributed by atoms with Gasteiger partial charge in [-0.05, 0) is 61.4 Å². The minimum absolute atomic E-state index is 0.0730. The van der Waals surface area contributed by atoms with Crippen LogP contribution in [0.3, 0.4) is 0 Å². The maximum Gasteiger partial charge on any atom is 0.269 e. The second-order valence-corrected chi connectivity index (χ2v) is 7.54. The summed E-state index contributed by atoms with van der Waals surface area (Å²) in [6.07, 6.45) is 3.92. The third-order valence-electron chi connectivity index (χ3n) is 4.80. The zero-order valence-electron chi connectivity index (χ0n) is 17.1. The molecule has 2 aliphatic heterocycles. The summed E-state index contributed by atoms with van der Waals surface area (Å²) in [5.41, 5.74) is 3.41. The lowest BCUT2D eigenvalue weighted by Gasteiger charge is -2.31. The largest absolute Gasteiger partial charge is 0.314 e. The maximum atomic E-state index is 10.8. The lowest BCUT2D eigenvalue weighted by molar-refractivity contribution is -0.384. The first-order chi connectivity index (χ1) is 14.5. The van der Waals surface area contributed by atoms with Crippen LogP contribution < -0.4 is 15.5 Å². The number of allylic oxidation sites excluding steroid dienone is 3. The fourth-order valence-electron chi connectivity index (χ4n) is 3.29. The van der Waals surface area contributed by atoms with E-state index in [4.69, 9.17) is 11.6 Å². The Morgan fingerprint density at radius 2 is 1.70 bits per heavy atom. The molecule has 1 aromatic heterocycles. The highest BCUT2D eigenvalue weighted by molar-refractivity contribution is 6.24. The quantitative estimate of drug-likeness (QED) is 0.335. The molecule has 1 fully saturated rings. The number of hydrogen-bond acceptors (Lipinski definition) is 6. The van der Waals surface area contributed by atoms with Crippen molar-refractivity contribution in [2.24, 2.45) is 0 Å². The predicted molar refractivity (Wildman–Crippen MR) is 122 cm³/mol. The summed E-state index contributed by atoms with van der Waals surface area (Å²) in [4.78, 5) is 16.8. The van der Waals surface area contributed by atoms with Crippen LogP contribution in [0.15, 0.2) is 60.3 Å². The van der Waals surface area contributed by atoms with Crippen LogP contribution in [0.25, 0.3) is 5.57 Å². The molecule has 1 unspecified atom stereocenters. The summed E-state index contributed by atoms with van der Waals surface area (Å²) in [5, 5.41) is 17.2. The van der Waals surface area contributed by atoms with Crippen LogP contribution in [0.1, 0.15) is 18.2 Å². The molecule has 4 rings (SSSR count). The number of aromatic nitrogens is 1. The number of anilines is 1. The van der Waals surface area contributed by atoms with E-state index < -0.39 is 4.92 Å². The van der Waals surface area contributed by atoms with Crippen LogP contribution >= 0.6 is 11.6 Å². The Bertz CT molecular complexity index is 927. The first kappa shape index (κ1) is 22.0. The number of nitro groups is 1. The molecular weight excluding hydrogens is 402 g/mol. The number of aryl methyl sites for hydroxylation is 1. The van der Waals surface area contributed by atoms with Gasteiger partial charge in [0.25, 0.3) is 5.69 Å². The van der Waals surface area contributed by atoms with Crippen LogP contribution in [0, 0.1) is 17.0 Å². The van der Waals surface area contributed by atoms with Gasteiger partial charge in [-0.2, -0.15) is 0 Å². The number of hydrogen-bond donors (Lipinski definition) is 2. The van der Waals surface area contributed by atoms with E-state index in [0.29, 0.717) is 0 Å². The zero-order chi connectivity index (χ0) is 21.5. The molecule has 1 atom stereocenters. The van der Waals surface area contributed by atoms with Crippen molar-refractivity contribution in [3.05, 3.63) is 81.7 Å². The molecular formula is C22H26ClN5O2. The molecule has 0 bridgehead atoms. The van der Waals surface area contributed by atoms with Gasteiger partial charge in [0.15, 0.2) is 0 Å². The summed E-state index contributed by atoms with van der Waals surface area (Å²) < 4.78 is 0. The Labute approximate surface area is 181 Å². The van der Waals surface area contributed by atoms with Crippen molar-refractivity contribution in [3.63, 3.8) is 0 Å². The van der Waals surface area contributed by atoms with Crippen molar-refractivity contribution < 1.29 is 4.92 Å². The highest BCUT2D eigenvalue weighted by Gasteiger charge is 2.23. The molecule has 3 heterocycles. The summed E-state index contributed by atoms with van der Waals surface area (Å²) >= 11 is 6.55.